The van der Waals surface area contributed by atoms with E-state index in [-0.39, 0.29) is 6.17 Å². The average molecular weight is 377 g/mol. The van der Waals surface area contributed by atoms with Crippen molar-refractivity contribution >= 4 is 22.5 Å². The van der Waals surface area contributed by atoms with E-state index >= 15 is 0 Å². The van der Waals surface area contributed by atoms with Crippen LogP contribution in [-0.4, -0.2) is 52.2 Å². The van der Waals surface area contributed by atoms with Gasteiger partial charge in [0.1, 0.15) is 5.82 Å². The van der Waals surface area contributed by atoms with E-state index in [1.165, 1.54) is 10.8 Å². The van der Waals surface area contributed by atoms with Crippen LogP contribution in [0.5, 0.6) is 0 Å². The van der Waals surface area contributed by atoms with Crippen LogP contribution in [0, 0.1) is 6.92 Å². The van der Waals surface area contributed by atoms with E-state index in [4.69, 9.17) is 0 Å². The molecule has 1 aliphatic heterocycles. The summed E-state index contributed by atoms with van der Waals surface area (Å²) in [5.41, 5.74) is 1.09. The molecular weight excluding hydrogens is 348 g/mol. The molecule has 0 radical (unpaired) electrons. The maximum atomic E-state index is 4.63. The fourth-order valence-corrected chi connectivity index (χ4v) is 3.79. The minimum Gasteiger partial charge on any atom is -0.354 e. The summed E-state index contributed by atoms with van der Waals surface area (Å²) in [6, 6.07) is 10.5. The molecule has 1 unspecified atom stereocenters. The van der Waals surface area contributed by atoms with Crippen molar-refractivity contribution in [1.29, 1.82) is 0 Å². The third-order valence-electron chi connectivity index (χ3n) is 5.34. The van der Waals surface area contributed by atoms with Gasteiger partial charge in [0.15, 0.2) is 0 Å². The van der Waals surface area contributed by atoms with Crippen LogP contribution in [-0.2, 0) is 0 Å². The summed E-state index contributed by atoms with van der Waals surface area (Å²) in [6.45, 7) is 8.10. The van der Waals surface area contributed by atoms with Crippen LogP contribution in [0.4, 0.5) is 11.8 Å². The molecule has 1 aromatic carbocycles. The van der Waals surface area contributed by atoms with Crippen LogP contribution in [0.25, 0.3) is 10.8 Å². The molecule has 0 amide bonds. The fourth-order valence-electron chi connectivity index (χ4n) is 3.79. The zero-order valence-corrected chi connectivity index (χ0v) is 16.7. The molecule has 2 aromatic heterocycles. The highest BCUT2D eigenvalue weighted by Gasteiger charge is 2.25. The van der Waals surface area contributed by atoms with Gasteiger partial charge in [0.05, 0.1) is 6.17 Å². The molecule has 1 N–H and O–H groups in total. The molecule has 0 aliphatic carbocycles. The second-order valence-corrected chi connectivity index (χ2v) is 7.41. The Bertz CT molecular complexity index is 897. The third kappa shape index (κ3) is 4.07. The molecule has 1 fully saturated rings. The Morgan fingerprint density at radius 2 is 1.75 bits per heavy atom. The van der Waals surface area contributed by atoms with Crippen molar-refractivity contribution in [2.75, 3.05) is 36.4 Å². The Morgan fingerprint density at radius 3 is 2.50 bits per heavy atom. The highest BCUT2D eigenvalue weighted by molar-refractivity contribution is 5.91. The molecule has 1 atom stereocenters. The summed E-state index contributed by atoms with van der Waals surface area (Å²) in [5, 5.41) is 6.12. The third-order valence-corrected chi connectivity index (χ3v) is 5.34. The van der Waals surface area contributed by atoms with Gasteiger partial charge < -0.3 is 10.2 Å². The van der Waals surface area contributed by atoms with E-state index < -0.39 is 0 Å². The van der Waals surface area contributed by atoms with E-state index in [0.29, 0.717) is 0 Å². The Hall–Kier alpha value is -2.73. The number of aromatic nitrogens is 3. The fraction of sp³-hybridized carbons (Fsp3) is 0.409. The maximum absolute atomic E-state index is 4.63. The van der Waals surface area contributed by atoms with Gasteiger partial charge in [-0.05, 0) is 30.4 Å². The number of fused-ring (bicyclic) bond motifs is 1. The second kappa shape index (κ2) is 8.52. The summed E-state index contributed by atoms with van der Waals surface area (Å²) >= 11 is 0. The van der Waals surface area contributed by atoms with Gasteiger partial charge >= 0.3 is 0 Å². The van der Waals surface area contributed by atoms with Crippen molar-refractivity contribution in [3.63, 3.8) is 0 Å². The largest absolute Gasteiger partial charge is 0.354 e. The smallest absolute Gasteiger partial charge is 0.225 e. The number of pyridine rings is 1. The number of hydrogen-bond acceptors (Lipinski definition) is 6. The number of anilines is 2. The molecule has 1 saturated heterocycles. The number of benzene rings is 1. The summed E-state index contributed by atoms with van der Waals surface area (Å²) in [7, 11) is 0. The van der Waals surface area contributed by atoms with Crippen LogP contribution in [0.1, 0.15) is 25.3 Å². The summed E-state index contributed by atoms with van der Waals surface area (Å²) in [4.78, 5) is 18.4. The van der Waals surface area contributed by atoms with Crippen molar-refractivity contribution < 1.29 is 0 Å². The average Bonchev–Trinajstić information content (AvgIpc) is 2.74. The molecule has 0 saturated carbocycles. The van der Waals surface area contributed by atoms with Crippen molar-refractivity contribution in [2.24, 2.45) is 0 Å². The molecule has 6 heteroatoms. The quantitative estimate of drug-likeness (QED) is 0.708. The highest BCUT2D eigenvalue weighted by atomic mass is 15.4. The summed E-state index contributed by atoms with van der Waals surface area (Å²) < 4.78 is 0. The zero-order chi connectivity index (χ0) is 19.3. The maximum Gasteiger partial charge on any atom is 0.225 e. The number of piperazine rings is 1. The predicted octanol–water partition coefficient (Wildman–Crippen LogP) is 3.69. The van der Waals surface area contributed by atoms with Crippen LogP contribution in [0.3, 0.4) is 0 Å². The van der Waals surface area contributed by atoms with Crippen LogP contribution < -0.4 is 10.2 Å². The van der Waals surface area contributed by atoms with Crippen LogP contribution in [0.2, 0.25) is 0 Å². The van der Waals surface area contributed by atoms with E-state index in [0.717, 1.165) is 56.4 Å². The van der Waals surface area contributed by atoms with E-state index in [1.807, 2.05) is 25.5 Å². The Balaban J connectivity index is 1.46. The van der Waals surface area contributed by atoms with Gasteiger partial charge in [0.2, 0.25) is 5.95 Å². The van der Waals surface area contributed by atoms with Gasteiger partial charge in [-0.1, -0.05) is 37.6 Å². The van der Waals surface area contributed by atoms with E-state index in [2.05, 4.69) is 67.3 Å². The van der Waals surface area contributed by atoms with Crippen molar-refractivity contribution in [2.45, 2.75) is 32.9 Å². The Kier molecular flexibility index (Phi) is 5.67. The van der Waals surface area contributed by atoms with Crippen LogP contribution >= 0.6 is 0 Å². The van der Waals surface area contributed by atoms with Crippen LogP contribution in [0.15, 0.2) is 48.9 Å². The molecule has 0 bridgehead atoms. The molecule has 1 aliphatic rings. The first-order valence-electron chi connectivity index (χ1n) is 10.1. The minimum atomic E-state index is 0.282. The number of aryl methyl sites for hydroxylation is 1. The SMILES string of the molecule is CCCC(Nc1nccc2ccccc12)N1CCN(c2ncc(C)cn2)CC1. The van der Waals surface area contributed by atoms with Gasteiger partial charge in [0, 0.05) is 50.2 Å². The lowest BCUT2D eigenvalue weighted by Gasteiger charge is -2.39. The molecule has 28 heavy (non-hydrogen) atoms. The lowest BCUT2D eigenvalue weighted by Crippen LogP contribution is -2.53. The highest BCUT2D eigenvalue weighted by Crippen LogP contribution is 2.23. The summed E-state index contributed by atoms with van der Waals surface area (Å²) in [6.07, 6.45) is 8.17. The molecular formula is C22H28N6. The van der Waals surface area contributed by atoms with E-state index in [1.54, 1.807) is 0 Å². The minimum absolute atomic E-state index is 0.282. The lowest BCUT2D eigenvalue weighted by molar-refractivity contribution is 0.192. The normalized spacial score (nSPS) is 16.3. The number of rotatable bonds is 6. The van der Waals surface area contributed by atoms with E-state index in [9.17, 15) is 0 Å². The zero-order valence-electron chi connectivity index (χ0n) is 16.7. The molecule has 146 valence electrons. The molecule has 0 spiro atoms. The Morgan fingerprint density at radius 1 is 1.00 bits per heavy atom. The number of nitrogens with zero attached hydrogens (tertiary/aromatic N) is 5. The van der Waals surface area contributed by atoms with Gasteiger partial charge in [0.25, 0.3) is 0 Å². The Labute approximate surface area is 166 Å². The first-order chi connectivity index (χ1) is 13.7. The van der Waals surface area contributed by atoms with Crippen molar-refractivity contribution in [1.82, 2.24) is 19.9 Å². The molecule has 4 rings (SSSR count). The predicted molar refractivity (Wildman–Crippen MR) is 115 cm³/mol. The molecule has 3 aromatic rings. The number of nitrogens with one attached hydrogen (secondary N) is 1. The van der Waals surface area contributed by atoms with Crippen molar-refractivity contribution in [3.8, 4) is 0 Å². The van der Waals surface area contributed by atoms with Gasteiger partial charge in [-0.15, -0.1) is 0 Å². The standard InChI is InChI=1S/C22H28N6/c1-3-6-20(26-21-19-8-5-4-7-18(19)9-10-23-21)27-11-13-28(14-12-27)22-24-15-17(2)16-25-22/h4-5,7-10,15-16,20H,3,6,11-14H2,1-2H3,(H,23,26). The first kappa shape index (κ1) is 18.6. The summed E-state index contributed by atoms with van der Waals surface area (Å²) in [5.74, 6) is 1.81. The second-order valence-electron chi connectivity index (χ2n) is 7.41. The molecule has 3 heterocycles. The molecule has 6 nitrogen and oxygen atoms in total. The van der Waals surface area contributed by atoms with Gasteiger partial charge in [-0.25, -0.2) is 15.0 Å². The first-order valence-corrected chi connectivity index (χ1v) is 10.1. The van der Waals surface area contributed by atoms with Gasteiger partial charge in [-0.3, -0.25) is 4.90 Å². The lowest BCUT2D eigenvalue weighted by atomic mass is 10.1. The monoisotopic (exact) mass is 376 g/mol. The topological polar surface area (TPSA) is 57.2 Å². The van der Waals surface area contributed by atoms with Crippen molar-refractivity contribution in [3.05, 3.63) is 54.5 Å². The van der Waals surface area contributed by atoms with Gasteiger partial charge in [-0.2, -0.15) is 0 Å². The number of hydrogen-bond donors (Lipinski definition) is 1.